The fourth-order valence-corrected chi connectivity index (χ4v) is 3.13. The van der Waals surface area contributed by atoms with E-state index in [1.807, 2.05) is 18.2 Å². The lowest BCUT2D eigenvalue weighted by Crippen LogP contribution is -2.30. The lowest BCUT2D eigenvalue weighted by molar-refractivity contribution is -0.120. The van der Waals surface area contributed by atoms with Gasteiger partial charge in [0.15, 0.2) is 5.78 Å². The van der Waals surface area contributed by atoms with Gasteiger partial charge >= 0.3 is 0 Å². The summed E-state index contributed by atoms with van der Waals surface area (Å²) < 4.78 is 0. The number of rotatable bonds is 3. The van der Waals surface area contributed by atoms with Crippen LogP contribution in [0.15, 0.2) is 29.2 Å². The molecule has 1 N–H and O–H groups in total. The van der Waals surface area contributed by atoms with Gasteiger partial charge in [-0.1, -0.05) is 18.6 Å². The molecule has 1 aliphatic heterocycles. The number of hydrogen-bond acceptors (Lipinski definition) is 3. The Morgan fingerprint density at radius 2 is 2.22 bits per heavy atom. The van der Waals surface area contributed by atoms with Gasteiger partial charge in [0.25, 0.3) is 0 Å². The third kappa shape index (κ3) is 3.35. The molecule has 0 aromatic heterocycles. The highest BCUT2D eigenvalue weighted by atomic mass is 32.2. The zero-order chi connectivity index (χ0) is 13.0. The van der Waals surface area contributed by atoms with Gasteiger partial charge in [0.1, 0.15) is 0 Å². The average Bonchev–Trinajstić information content (AvgIpc) is 2.55. The molecule has 1 heterocycles. The van der Waals surface area contributed by atoms with Gasteiger partial charge in [-0.25, -0.2) is 0 Å². The predicted molar refractivity (Wildman–Crippen MR) is 73.0 cm³/mol. The van der Waals surface area contributed by atoms with Crippen LogP contribution in [0.4, 0.5) is 0 Å². The van der Waals surface area contributed by atoms with Crippen LogP contribution in [-0.2, 0) is 4.79 Å². The van der Waals surface area contributed by atoms with E-state index < -0.39 is 0 Å². The summed E-state index contributed by atoms with van der Waals surface area (Å²) in [5, 5.41) is 2.89. The average molecular weight is 263 g/mol. The van der Waals surface area contributed by atoms with Crippen molar-refractivity contribution in [3.63, 3.8) is 0 Å². The van der Waals surface area contributed by atoms with Crippen LogP contribution in [0.2, 0.25) is 0 Å². The molecule has 3 nitrogen and oxygen atoms in total. The van der Waals surface area contributed by atoms with Crippen molar-refractivity contribution >= 4 is 23.5 Å². The van der Waals surface area contributed by atoms with Gasteiger partial charge < -0.3 is 5.32 Å². The fourth-order valence-electron chi connectivity index (χ4n) is 1.98. The van der Waals surface area contributed by atoms with Crippen molar-refractivity contribution in [3.8, 4) is 0 Å². The number of nitrogens with one attached hydrogen (secondary N) is 1. The Bertz CT molecular complexity index is 459. The van der Waals surface area contributed by atoms with Crippen LogP contribution in [0, 0.1) is 0 Å². The van der Waals surface area contributed by atoms with Crippen LogP contribution < -0.4 is 5.32 Å². The maximum atomic E-state index is 11.8. The molecule has 2 rings (SSSR count). The van der Waals surface area contributed by atoms with E-state index in [2.05, 4.69) is 5.32 Å². The maximum Gasteiger partial charge on any atom is 0.233 e. The Labute approximate surface area is 111 Å². The van der Waals surface area contributed by atoms with Crippen LogP contribution in [0.1, 0.15) is 36.5 Å². The molecule has 1 aliphatic rings. The van der Waals surface area contributed by atoms with Crippen LogP contribution in [-0.4, -0.2) is 23.5 Å². The molecule has 1 atom stereocenters. The molecule has 1 aromatic carbocycles. The Kier molecular flexibility index (Phi) is 4.42. The largest absolute Gasteiger partial charge is 0.355 e. The molecule has 4 heteroatoms. The van der Waals surface area contributed by atoms with Crippen molar-refractivity contribution in [2.75, 3.05) is 6.54 Å². The van der Waals surface area contributed by atoms with E-state index >= 15 is 0 Å². The summed E-state index contributed by atoms with van der Waals surface area (Å²) in [6.45, 7) is 2.34. The third-order valence-electron chi connectivity index (χ3n) is 3.00. The lowest BCUT2D eigenvalue weighted by atomic mass is 10.2. The number of hydrogen-bond donors (Lipinski definition) is 1. The molecule has 96 valence electrons. The van der Waals surface area contributed by atoms with Crippen molar-refractivity contribution in [2.45, 2.75) is 36.3 Å². The highest BCUT2D eigenvalue weighted by Crippen LogP contribution is 2.28. The third-order valence-corrected chi connectivity index (χ3v) is 4.26. The van der Waals surface area contributed by atoms with E-state index in [0.717, 1.165) is 30.7 Å². The molecule has 1 aromatic rings. The number of Topliss-reactive ketones (excluding diaryl/α,β-unsaturated/α-hetero) is 1. The summed E-state index contributed by atoms with van der Waals surface area (Å²) in [5.74, 6) is 0.175. The summed E-state index contributed by atoms with van der Waals surface area (Å²) in [6, 6.07) is 7.49. The molecular weight excluding hydrogens is 246 g/mol. The van der Waals surface area contributed by atoms with Gasteiger partial charge in [0.2, 0.25) is 5.91 Å². The molecule has 0 bridgehead atoms. The van der Waals surface area contributed by atoms with Crippen LogP contribution >= 0.6 is 11.8 Å². The van der Waals surface area contributed by atoms with Crippen molar-refractivity contribution < 1.29 is 9.59 Å². The van der Waals surface area contributed by atoms with Crippen LogP contribution in [0.25, 0.3) is 0 Å². The van der Waals surface area contributed by atoms with E-state index in [9.17, 15) is 9.59 Å². The molecular formula is C14H17NO2S. The number of benzene rings is 1. The zero-order valence-corrected chi connectivity index (χ0v) is 11.3. The minimum Gasteiger partial charge on any atom is -0.355 e. The molecule has 1 unspecified atom stereocenters. The fraction of sp³-hybridized carbons (Fsp3) is 0.429. The van der Waals surface area contributed by atoms with Gasteiger partial charge in [0.05, 0.1) is 5.25 Å². The van der Waals surface area contributed by atoms with E-state index in [4.69, 9.17) is 0 Å². The van der Waals surface area contributed by atoms with Crippen molar-refractivity contribution in [1.29, 1.82) is 0 Å². The maximum absolute atomic E-state index is 11.8. The first-order valence-corrected chi connectivity index (χ1v) is 7.10. The number of carbonyl (C=O) groups is 2. The van der Waals surface area contributed by atoms with Gasteiger partial charge in [0, 0.05) is 17.0 Å². The van der Waals surface area contributed by atoms with Crippen LogP contribution in [0.5, 0.6) is 0 Å². The summed E-state index contributed by atoms with van der Waals surface area (Å²) in [6.07, 6.45) is 3.03. The minimum absolute atomic E-state index is 0.0327. The molecule has 0 saturated carbocycles. The van der Waals surface area contributed by atoms with E-state index in [0.29, 0.717) is 5.56 Å². The molecule has 1 saturated heterocycles. The number of ketones is 1. The monoisotopic (exact) mass is 263 g/mol. The van der Waals surface area contributed by atoms with Gasteiger partial charge in [-0.3, -0.25) is 9.59 Å². The number of amides is 1. The first-order chi connectivity index (χ1) is 8.66. The first-order valence-electron chi connectivity index (χ1n) is 6.22. The zero-order valence-electron chi connectivity index (χ0n) is 10.4. The van der Waals surface area contributed by atoms with E-state index in [-0.39, 0.29) is 16.9 Å². The topological polar surface area (TPSA) is 46.2 Å². The first kappa shape index (κ1) is 13.1. The molecule has 1 fully saturated rings. The normalized spacial score (nSPS) is 20.1. The lowest BCUT2D eigenvalue weighted by Gasteiger charge is -2.12. The van der Waals surface area contributed by atoms with Gasteiger partial charge in [-0.05, 0) is 31.9 Å². The van der Waals surface area contributed by atoms with Crippen molar-refractivity contribution in [1.82, 2.24) is 5.32 Å². The van der Waals surface area contributed by atoms with Gasteiger partial charge in [-0.15, -0.1) is 11.8 Å². The van der Waals surface area contributed by atoms with Crippen LogP contribution in [0.3, 0.4) is 0 Å². The highest BCUT2D eigenvalue weighted by molar-refractivity contribution is 8.00. The van der Waals surface area contributed by atoms with Crippen molar-refractivity contribution in [3.05, 3.63) is 29.8 Å². The molecule has 0 aliphatic carbocycles. The highest BCUT2D eigenvalue weighted by Gasteiger charge is 2.21. The van der Waals surface area contributed by atoms with Gasteiger partial charge in [-0.2, -0.15) is 0 Å². The molecule has 0 spiro atoms. The standard InChI is InChI=1S/C14H17NO2S/c1-10(16)11-5-4-6-12(9-11)18-13-7-2-3-8-15-14(13)17/h4-6,9,13H,2-3,7-8H2,1H3,(H,15,17). The summed E-state index contributed by atoms with van der Waals surface area (Å²) in [7, 11) is 0. The van der Waals surface area contributed by atoms with E-state index in [1.54, 1.807) is 24.8 Å². The summed E-state index contributed by atoms with van der Waals surface area (Å²) in [5.41, 5.74) is 0.703. The minimum atomic E-state index is -0.0327. The molecule has 0 radical (unpaired) electrons. The SMILES string of the molecule is CC(=O)c1cccc(SC2CCCCNC2=O)c1. The second kappa shape index (κ2) is 6.05. The second-order valence-corrected chi connectivity index (χ2v) is 5.75. The molecule has 18 heavy (non-hydrogen) atoms. The smallest absolute Gasteiger partial charge is 0.233 e. The van der Waals surface area contributed by atoms with Crippen molar-refractivity contribution in [2.24, 2.45) is 0 Å². The molecule has 1 amide bonds. The quantitative estimate of drug-likeness (QED) is 0.853. The second-order valence-electron chi connectivity index (χ2n) is 4.48. The Balaban J connectivity index is 2.10. The summed E-state index contributed by atoms with van der Waals surface area (Å²) >= 11 is 1.55. The number of carbonyl (C=O) groups excluding carboxylic acids is 2. The van der Waals surface area contributed by atoms with E-state index in [1.165, 1.54) is 0 Å². The Morgan fingerprint density at radius 1 is 1.39 bits per heavy atom. The summed E-state index contributed by atoms with van der Waals surface area (Å²) in [4.78, 5) is 24.1. The number of thioether (sulfide) groups is 1. The Morgan fingerprint density at radius 3 is 3.00 bits per heavy atom. The Hall–Kier alpha value is -1.29. The predicted octanol–water partition coefficient (Wildman–Crippen LogP) is 2.65.